The number of carbonyl (C=O) groups is 1. The lowest BCUT2D eigenvalue weighted by molar-refractivity contribution is 0.0938. The fraction of sp³-hybridized carbons (Fsp3) is 0.417. The van der Waals surface area contributed by atoms with Crippen molar-refractivity contribution in [1.29, 1.82) is 0 Å². The molecule has 0 aromatic heterocycles. The fourth-order valence-electron chi connectivity index (χ4n) is 1.83. The Morgan fingerprint density at radius 1 is 1.41 bits per heavy atom. The van der Waals surface area contributed by atoms with Gasteiger partial charge >= 0.3 is 0 Å². The summed E-state index contributed by atoms with van der Waals surface area (Å²) >= 11 is 0. The van der Waals surface area contributed by atoms with Crippen LogP contribution in [-0.4, -0.2) is 39.3 Å². The number of nitrogens with one attached hydrogen (secondary N) is 3. The van der Waals surface area contributed by atoms with Crippen molar-refractivity contribution in [3.63, 3.8) is 0 Å². The van der Waals surface area contributed by atoms with Gasteiger partial charge in [0.1, 0.15) is 0 Å². The summed E-state index contributed by atoms with van der Waals surface area (Å²) in [5.74, 6) is -0.0740. The summed E-state index contributed by atoms with van der Waals surface area (Å²) in [5.41, 5.74) is 2.54. The van der Waals surface area contributed by atoms with E-state index in [1.54, 1.807) is 7.11 Å². The normalized spacial score (nSPS) is 13.2. The van der Waals surface area contributed by atoms with Crippen LogP contribution < -0.4 is 16.0 Å². The van der Waals surface area contributed by atoms with Crippen molar-refractivity contribution in [3.05, 3.63) is 23.8 Å². The molecule has 3 N–H and O–H groups in total. The summed E-state index contributed by atoms with van der Waals surface area (Å²) in [7, 11) is 1.61. The quantitative estimate of drug-likeness (QED) is 0.679. The van der Waals surface area contributed by atoms with Crippen LogP contribution in [-0.2, 0) is 4.74 Å². The Hall–Kier alpha value is -1.75. The molecule has 0 fully saturated rings. The molecule has 5 nitrogen and oxygen atoms in total. The summed E-state index contributed by atoms with van der Waals surface area (Å²) in [6, 6.07) is 5.67. The van der Waals surface area contributed by atoms with E-state index in [0.29, 0.717) is 18.7 Å². The van der Waals surface area contributed by atoms with E-state index in [2.05, 4.69) is 16.0 Å². The second-order valence-electron chi connectivity index (χ2n) is 3.83. The van der Waals surface area contributed by atoms with Crippen molar-refractivity contribution >= 4 is 17.3 Å². The van der Waals surface area contributed by atoms with Crippen LogP contribution in [0.1, 0.15) is 10.4 Å². The van der Waals surface area contributed by atoms with Gasteiger partial charge in [0.15, 0.2) is 0 Å². The van der Waals surface area contributed by atoms with Gasteiger partial charge in [-0.3, -0.25) is 4.79 Å². The van der Waals surface area contributed by atoms with Gasteiger partial charge in [-0.1, -0.05) is 6.07 Å². The molecule has 1 amide bonds. The fourth-order valence-corrected chi connectivity index (χ4v) is 1.83. The number of carbonyl (C=O) groups excluding carboxylic acids is 1. The van der Waals surface area contributed by atoms with Crippen LogP contribution in [0.25, 0.3) is 0 Å². The van der Waals surface area contributed by atoms with E-state index in [1.165, 1.54) is 0 Å². The van der Waals surface area contributed by atoms with E-state index in [4.69, 9.17) is 4.74 Å². The van der Waals surface area contributed by atoms with Crippen LogP contribution >= 0.6 is 0 Å². The summed E-state index contributed by atoms with van der Waals surface area (Å²) in [6.45, 7) is 2.75. The largest absolute Gasteiger partial charge is 0.383 e. The minimum Gasteiger partial charge on any atom is -0.383 e. The van der Waals surface area contributed by atoms with Crippen molar-refractivity contribution in [1.82, 2.24) is 5.32 Å². The van der Waals surface area contributed by atoms with Crippen LogP contribution in [0, 0.1) is 0 Å². The maximum Gasteiger partial charge on any atom is 0.253 e. The van der Waals surface area contributed by atoms with Crippen LogP contribution in [0.4, 0.5) is 11.4 Å². The highest BCUT2D eigenvalue weighted by Gasteiger charge is 2.16. The van der Waals surface area contributed by atoms with Crippen molar-refractivity contribution in [3.8, 4) is 0 Å². The molecule has 17 heavy (non-hydrogen) atoms. The molecule has 1 heterocycles. The molecule has 5 heteroatoms. The van der Waals surface area contributed by atoms with Crippen molar-refractivity contribution in [2.45, 2.75) is 0 Å². The van der Waals surface area contributed by atoms with Crippen molar-refractivity contribution in [2.24, 2.45) is 0 Å². The molecule has 2 rings (SSSR count). The Balaban J connectivity index is 2.12. The van der Waals surface area contributed by atoms with Gasteiger partial charge in [0.2, 0.25) is 0 Å². The van der Waals surface area contributed by atoms with E-state index in [9.17, 15) is 4.79 Å². The number of rotatable bonds is 4. The van der Waals surface area contributed by atoms with Crippen LogP contribution in [0.3, 0.4) is 0 Å². The molecule has 0 radical (unpaired) electrons. The molecule has 0 spiro atoms. The van der Waals surface area contributed by atoms with Gasteiger partial charge in [-0.05, 0) is 12.1 Å². The predicted molar refractivity (Wildman–Crippen MR) is 67.6 cm³/mol. The minimum atomic E-state index is -0.0740. The lowest BCUT2D eigenvalue weighted by atomic mass is 10.1. The van der Waals surface area contributed by atoms with E-state index in [-0.39, 0.29) is 5.91 Å². The second kappa shape index (κ2) is 5.54. The Kier molecular flexibility index (Phi) is 3.82. The van der Waals surface area contributed by atoms with E-state index < -0.39 is 0 Å². The molecule has 1 aromatic rings. The van der Waals surface area contributed by atoms with Gasteiger partial charge in [0, 0.05) is 26.7 Å². The number of methoxy groups -OCH3 is 1. The third-order valence-corrected chi connectivity index (χ3v) is 2.64. The SMILES string of the molecule is COCCNC(=O)c1cccc2c1NCCN2. The Bertz CT molecular complexity index is 407. The summed E-state index contributed by atoms with van der Waals surface area (Å²) < 4.78 is 4.90. The Labute approximate surface area is 101 Å². The number of amides is 1. The molecule has 1 aromatic carbocycles. The molecular weight excluding hydrogens is 218 g/mol. The first-order valence-electron chi connectivity index (χ1n) is 5.71. The molecular formula is C12H17N3O2. The minimum absolute atomic E-state index is 0.0740. The van der Waals surface area contributed by atoms with Crippen LogP contribution in [0.5, 0.6) is 0 Å². The average Bonchev–Trinajstić information content (AvgIpc) is 2.38. The van der Waals surface area contributed by atoms with E-state index >= 15 is 0 Å². The lowest BCUT2D eigenvalue weighted by Gasteiger charge is -2.22. The Morgan fingerprint density at radius 3 is 3.06 bits per heavy atom. The second-order valence-corrected chi connectivity index (χ2v) is 3.83. The first-order valence-corrected chi connectivity index (χ1v) is 5.71. The van der Waals surface area contributed by atoms with Gasteiger partial charge in [-0.15, -0.1) is 0 Å². The number of ether oxygens (including phenoxy) is 1. The summed E-state index contributed by atoms with van der Waals surface area (Å²) in [5, 5.41) is 9.32. The Morgan fingerprint density at radius 2 is 2.24 bits per heavy atom. The number of fused-ring (bicyclic) bond motifs is 1. The molecule has 0 bridgehead atoms. The van der Waals surface area contributed by atoms with Gasteiger partial charge in [0.25, 0.3) is 5.91 Å². The molecule has 0 unspecified atom stereocenters. The average molecular weight is 235 g/mol. The number of hydrogen-bond donors (Lipinski definition) is 3. The van der Waals surface area contributed by atoms with Crippen molar-refractivity contribution in [2.75, 3.05) is 44.0 Å². The standard InChI is InChI=1S/C12H17N3O2/c1-17-8-7-15-12(16)9-3-2-4-10-11(9)14-6-5-13-10/h2-4,13-14H,5-8H2,1H3,(H,15,16). The number of anilines is 2. The maximum absolute atomic E-state index is 12.0. The molecule has 0 saturated heterocycles. The third kappa shape index (κ3) is 2.68. The molecule has 1 aliphatic heterocycles. The highest BCUT2D eigenvalue weighted by molar-refractivity contribution is 6.02. The number of hydrogen-bond acceptors (Lipinski definition) is 4. The maximum atomic E-state index is 12.0. The number of para-hydroxylation sites is 1. The highest BCUT2D eigenvalue weighted by atomic mass is 16.5. The van der Waals surface area contributed by atoms with Crippen LogP contribution in [0.2, 0.25) is 0 Å². The van der Waals surface area contributed by atoms with Crippen LogP contribution in [0.15, 0.2) is 18.2 Å². The van der Waals surface area contributed by atoms with Crippen molar-refractivity contribution < 1.29 is 9.53 Å². The molecule has 0 atom stereocenters. The molecule has 1 aliphatic rings. The molecule has 0 aliphatic carbocycles. The first kappa shape index (κ1) is 11.7. The zero-order chi connectivity index (χ0) is 12.1. The monoisotopic (exact) mass is 235 g/mol. The summed E-state index contributed by atoms with van der Waals surface area (Å²) in [6.07, 6.45) is 0. The van der Waals surface area contributed by atoms with Gasteiger partial charge in [0.05, 0.1) is 23.5 Å². The topological polar surface area (TPSA) is 62.4 Å². The van der Waals surface area contributed by atoms with Gasteiger partial charge in [-0.25, -0.2) is 0 Å². The van der Waals surface area contributed by atoms with E-state index in [0.717, 1.165) is 24.5 Å². The smallest absolute Gasteiger partial charge is 0.253 e. The number of benzene rings is 1. The summed E-state index contributed by atoms with van der Waals surface area (Å²) in [4.78, 5) is 12.0. The third-order valence-electron chi connectivity index (χ3n) is 2.64. The first-order chi connectivity index (χ1) is 8.33. The van der Waals surface area contributed by atoms with E-state index in [1.807, 2.05) is 18.2 Å². The van der Waals surface area contributed by atoms with Gasteiger partial charge < -0.3 is 20.7 Å². The lowest BCUT2D eigenvalue weighted by Crippen LogP contribution is -2.29. The van der Waals surface area contributed by atoms with Gasteiger partial charge in [-0.2, -0.15) is 0 Å². The molecule has 0 saturated carbocycles. The zero-order valence-electron chi connectivity index (χ0n) is 9.88. The highest BCUT2D eigenvalue weighted by Crippen LogP contribution is 2.27. The molecule has 92 valence electrons. The zero-order valence-corrected chi connectivity index (χ0v) is 9.88. The predicted octanol–water partition coefficient (Wildman–Crippen LogP) is 0.900.